The van der Waals surface area contributed by atoms with Gasteiger partial charge in [-0.2, -0.15) is 0 Å². The highest BCUT2D eigenvalue weighted by molar-refractivity contribution is 5.26. The number of rotatable bonds is 7. The van der Waals surface area contributed by atoms with E-state index in [9.17, 15) is 0 Å². The van der Waals surface area contributed by atoms with E-state index in [0.29, 0.717) is 0 Å². The van der Waals surface area contributed by atoms with Crippen molar-refractivity contribution in [1.29, 1.82) is 0 Å². The zero-order chi connectivity index (χ0) is 12.7. The van der Waals surface area contributed by atoms with Gasteiger partial charge in [0.05, 0.1) is 12.1 Å². The maximum atomic E-state index is 5.62. The monoisotopic (exact) mass is 236 g/mol. The highest BCUT2D eigenvalue weighted by Gasteiger charge is 2.22. The minimum absolute atomic E-state index is 0.211. The Bertz CT molecular complexity index is 328. The Hall–Kier alpha value is -0.930. The molecule has 1 heterocycles. The lowest BCUT2D eigenvalue weighted by molar-refractivity contribution is 0.0608. The Labute approximate surface area is 105 Å². The predicted octanol–water partition coefficient (Wildman–Crippen LogP) is 2.86. The first-order valence-corrected chi connectivity index (χ1v) is 6.41. The molecule has 0 saturated heterocycles. The van der Waals surface area contributed by atoms with Crippen molar-refractivity contribution in [2.24, 2.45) is 0 Å². The van der Waals surface area contributed by atoms with Gasteiger partial charge in [-0.3, -0.25) is 4.98 Å². The van der Waals surface area contributed by atoms with Gasteiger partial charge in [0.25, 0.3) is 0 Å². The SMILES string of the molecule is CCCC(OC)C(NCC)c1cnccc1C. The number of nitrogens with one attached hydrogen (secondary N) is 1. The molecule has 2 atom stereocenters. The zero-order valence-corrected chi connectivity index (χ0v) is 11.4. The molecule has 0 bridgehead atoms. The van der Waals surface area contributed by atoms with Gasteiger partial charge in [0.1, 0.15) is 0 Å². The van der Waals surface area contributed by atoms with Crippen LogP contribution >= 0.6 is 0 Å². The van der Waals surface area contributed by atoms with Crippen LogP contribution in [0.1, 0.15) is 43.9 Å². The van der Waals surface area contributed by atoms with Crippen LogP contribution in [0.2, 0.25) is 0 Å². The largest absolute Gasteiger partial charge is 0.379 e. The van der Waals surface area contributed by atoms with Crippen molar-refractivity contribution >= 4 is 0 Å². The third-order valence-corrected chi connectivity index (χ3v) is 3.09. The summed E-state index contributed by atoms with van der Waals surface area (Å²) in [6.45, 7) is 7.37. The normalized spacial score (nSPS) is 14.6. The molecule has 0 aliphatic carbocycles. The Morgan fingerprint density at radius 3 is 2.71 bits per heavy atom. The Kier molecular flexibility index (Phi) is 6.16. The zero-order valence-electron chi connectivity index (χ0n) is 11.4. The number of nitrogens with zero attached hydrogens (tertiary/aromatic N) is 1. The number of aromatic nitrogens is 1. The van der Waals surface area contributed by atoms with Gasteiger partial charge in [-0.15, -0.1) is 0 Å². The average molecular weight is 236 g/mol. The summed E-state index contributed by atoms with van der Waals surface area (Å²) in [6, 6.07) is 2.29. The van der Waals surface area contributed by atoms with Gasteiger partial charge >= 0.3 is 0 Å². The molecular weight excluding hydrogens is 212 g/mol. The summed E-state index contributed by atoms with van der Waals surface area (Å²) in [5, 5.41) is 3.51. The van der Waals surface area contributed by atoms with Gasteiger partial charge in [-0.1, -0.05) is 20.3 Å². The molecule has 1 aromatic heterocycles. The quantitative estimate of drug-likeness (QED) is 0.790. The fraction of sp³-hybridized carbons (Fsp3) is 0.643. The Balaban J connectivity index is 2.94. The second-order valence-electron chi connectivity index (χ2n) is 4.33. The summed E-state index contributed by atoms with van der Waals surface area (Å²) >= 11 is 0. The van der Waals surface area contributed by atoms with E-state index in [1.807, 2.05) is 12.4 Å². The van der Waals surface area contributed by atoms with E-state index in [-0.39, 0.29) is 12.1 Å². The predicted molar refractivity (Wildman–Crippen MR) is 71.1 cm³/mol. The van der Waals surface area contributed by atoms with Crippen molar-refractivity contribution in [2.75, 3.05) is 13.7 Å². The summed E-state index contributed by atoms with van der Waals surface area (Å²) in [7, 11) is 1.79. The van der Waals surface area contributed by atoms with Crippen LogP contribution in [0.5, 0.6) is 0 Å². The first kappa shape index (κ1) is 14.1. The first-order chi connectivity index (χ1) is 8.24. The molecule has 2 unspecified atom stereocenters. The van der Waals surface area contributed by atoms with Crippen LogP contribution in [0.25, 0.3) is 0 Å². The summed E-state index contributed by atoms with van der Waals surface area (Å²) in [5.74, 6) is 0. The molecule has 3 heteroatoms. The van der Waals surface area contributed by atoms with E-state index in [4.69, 9.17) is 4.74 Å². The van der Waals surface area contributed by atoms with Gasteiger partial charge in [-0.05, 0) is 37.1 Å². The minimum atomic E-state index is 0.211. The van der Waals surface area contributed by atoms with Gasteiger partial charge in [-0.25, -0.2) is 0 Å². The number of methoxy groups -OCH3 is 1. The molecule has 1 rings (SSSR count). The summed E-state index contributed by atoms with van der Waals surface area (Å²) < 4.78 is 5.62. The average Bonchev–Trinajstić information content (AvgIpc) is 2.34. The molecule has 0 fully saturated rings. The number of likely N-dealkylation sites (N-methyl/N-ethyl adjacent to an activating group) is 1. The number of ether oxygens (including phenoxy) is 1. The van der Waals surface area contributed by atoms with Crippen molar-refractivity contribution in [1.82, 2.24) is 10.3 Å². The molecule has 0 aromatic carbocycles. The second kappa shape index (κ2) is 7.41. The summed E-state index contributed by atoms with van der Waals surface area (Å²) in [4.78, 5) is 4.23. The van der Waals surface area contributed by atoms with E-state index in [2.05, 4.69) is 37.1 Å². The van der Waals surface area contributed by atoms with Gasteiger partial charge in [0.2, 0.25) is 0 Å². The summed E-state index contributed by atoms with van der Waals surface area (Å²) in [6.07, 6.45) is 6.18. The lowest BCUT2D eigenvalue weighted by Crippen LogP contribution is -2.33. The van der Waals surface area contributed by atoms with E-state index in [1.165, 1.54) is 11.1 Å². The fourth-order valence-electron chi connectivity index (χ4n) is 2.17. The van der Waals surface area contributed by atoms with Crippen molar-refractivity contribution in [3.05, 3.63) is 29.6 Å². The number of hydrogen-bond donors (Lipinski definition) is 1. The Morgan fingerprint density at radius 1 is 1.41 bits per heavy atom. The smallest absolute Gasteiger partial charge is 0.0766 e. The summed E-state index contributed by atoms with van der Waals surface area (Å²) in [5.41, 5.74) is 2.51. The molecule has 0 saturated carbocycles. The van der Waals surface area contributed by atoms with Crippen LogP contribution in [0, 0.1) is 6.92 Å². The molecule has 3 nitrogen and oxygen atoms in total. The van der Waals surface area contributed by atoms with Crippen LogP contribution in [-0.2, 0) is 4.74 Å². The van der Waals surface area contributed by atoms with E-state index >= 15 is 0 Å². The first-order valence-electron chi connectivity index (χ1n) is 6.41. The van der Waals surface area contributed by atoms with Gasteiger partial charge in [0.15, 0.2) is 0 Å². The van der Waals surface area contributed by atoms with Gasteiger partial charge in [0, 0.05) is 19.5 Å². The van der Waals surface area contributed by atoms with Crippen LogP contribution < -0.4 is 5.32 Å². The fourth-order valence-corrected chi connectivity index (χ4v) is 2.17. The number of pyridine rings is 1. The maximum absolute atomic E-state index is 5.62. The lowest BCUT2D eigenvalue weighted by Gasteiger charge is -2.27. The van der Waals surface area contributed by atoms with E-state index in [0.717, 1.165) is 19.4 Å². The molecule has 1 N–H and O–H groups in total. The van der Waals surface area contributed by atoms with Crippen LogP contribution in [0.3, 0.4) is 0 Å². The van der Waals surface area contributed by atoms with Crippen molar-refractivity contribution in [2.45, 2.75) is 45.8 Å². The van der Waals surface area contributed by atoms with E-state index < -0.39 is 0 Å². The van der Waals surface area contributed by atoms with Crippen molar-refractivity contribution in [3.8, 4) is 0 Å². The molecule has 0 radical (unpaired) electrons. The molecule has 0 aliphatic rings. The van der Waals surface area contributed by atoms with E-state index in [1.54, 1.807) is 7.11 Å². The molecule has 1 aromatic rings. The third-order valence-electron chi connectivity index (χ3n) is 3.09. The topological polar surface area (TPSA) is 34.1 Å². The molecular formula is C14H24N2O. The molecule has 96 valence electrons. The maximum Gasteiger partial charge on any atom is 0.0766 e. The van der Waals surface area contributed by atoms with Crippen LogP contribution in [-0.4, -0.2) is 24.7 Å². The highest BCUT2D eigenvalue weighted by atomic mass is 16.5. The van der Waals surface area contributed by atoms with Crippen molar-refractivity contribution < 1.29 is 4.74 Å². The third kappa shape index (κ3) is 3.79. The number of hydrogen-bond acceptors (Lipinski definition) is 3. The minimum Gasteiger partial charge on any atom is -0.379 e. The molecule has 0 amide bonds. The van der Waals surface area contributed by atoms with Crippen molar-refractivity contribution in [3.63, 3.8) is 0 Å². The van der Waals surface area contributed by atoms with Crippen LogP contribution in [0.4, 0.5) is 0 Å². The molecule has 0 spiro atoms. The standard InChI is InChI=1S/C14H24N2O/c1-5-7-13(17-4)14(16-6-2)12-10-15-9-8-11(12)3/h8-10,13-14,16H,5-7H2,1-4H3. The highest BCUT2D eigenvalue weighted by Crippen LogP contribution is 2.24. The second-order valence-corrected chi connectivity index (χ2v) is 4.33. The Morgan fingerprint density at radius 2 is 2.18 bits per heavy atom. The molecule has 17 heavy (non-hydrogen) atoms. The van der Waals surface area contributed by atoms with Gasteiger partial charge < -0.3 is 10.1 Å². The lowest BCUT2D eigenvalue weighted by atomic mass is 9.96. The van der Waals surface area contributed by atoms with Crippen LogP contribution in [0.15, 0.2) is 18.5 Å². The number of aryl methyl sites for hydroxylation is 1. The molecule has 0 aliphatic heterocycles.